The van der Waals surface area contributed by atoms with E-state index in [1.807, 2.05) is 13.8 Å². The van der Waals surface area contributed by atoms with Gasteiger partial charge in [-0.15, -0.1) is 0 Å². The third-order valence-electron chi connectivity index (χ3n) is 2.85. The van der Waals surface area contributed by atoms with Crippen LogP contribution in [-0.2, 0) is 0 Å². The fourth-order valence-corrected chi connectivity index (χ4v) is 2.49. The van der Waals surface area contributed by atoms with Crippen LogP contribution in [0.2, 0.25) is 5.02 Å². The Kier molecular flexibility index (Phi) is 3.76. The van der Waals surface area contributed by atoms with Crippen molar-refractivity contribution >= 4 is 28.2 Å². The number of rotatable bonds is 1. The Morgan fingerprint density at radius 1 is 1.21 bits per heavy atom. The average Bonchev–Trinajstić information content (AvgIpc) is 2.27. The molecule has 1 heterocycles. The summed E-state index contributed by atoms with van der Waals surface area (Å²) in [6.07, 6.45) is -5.67. The monoisotopic (exact) mass is 310 g/mol. The van der Waals surface area contributed by atoms with Gasteiger partial charge in [0, 0.05) is 10.6 Å². The van der Waals surface area contributed by atoms with Gasteiger partial charge in [0.05, 0.1) is 5.03 Å². The molecule has 104 valence electrons. The lowest BCUT2D eigenvalue weighted by Gasteiger charge is -2.26. The Hall–Kier alpha value is -0.870. The van der Waals surface area contributed by atoms with Gasteiger partial charge in [0.15, 0.2) is 0 Å². The van der Waals surface area contributed by atoms with Gasteiger partial charge in [-0.25, -0.2) is 0 Å². The Labute approximate surface area is 119 Å². The van der Waals surface area contributed by atoms with Crippen molar-refractivity contribution in [2.45, 2.75) is 32.0 Å². The lowest BCUT2D eigenvalue weighted by Crippen LogP contribution is -2.34. The first-order valence-corrected chi connectivity index (χ1v) is 6.40. The maximum Gasteiger partial charge on any atom is 0.429 e. The predicted molar refractivity (Wildman–Crippen MR) is 69.8 cm³/mol. The van der Waals surface area contributed by atoms with E-state index in [0.717, 1.165) is 11.6 Å². The number of halogens is 5. The number of ether oxygens (including phenoxy) is 1. The standard InChI is InChI=1S/C13H11Cl2F3O/c1-6(2)7-4-11-8(3-9(7)14)10(15)5-12(19-11)13(16,17)18/h3-6,12H,1-2H3. The van der Waals surface area contributed by atoms with Crippen LogP contribution < -0.4 is 4.74 Å². The van der Waals surface area contributed by atoms with Crippen molar-refractivity contribution in [2.75, 3.05) is 0 Å². The van der Waals surface area contributed by atoms with Crippen molar-refractivity contribution in [3.05, 3.63) is 34.4 Å². The molecule has 1 unspecified atom stereocenters. The second-order valence-corrected chi connectivity index (χ2v) is 5.43. The van der Waals surface area contributed by atoms with Gasteiger partial charge >= 0.3 is 6.18 Å². The quantitative estimate of drug-likeness (QED) is 0.678. The highest BCUT2D eigenvalue weighted by Gasteiger charge is 2.42. The van der Waals surface area contributed by atoms with Crippen LogP contribution in [0.25, 0.3) is 5.03 Å². The summed E-state index contributed by atoms with van der Waals surface area (Å²) in [6, 6.07) is 3.06. The van der Waals surface area contributed by atoms with Crippen molar-refractivity contribution in [1.29, 1.82) is 0 Å². The first-order chi connectivity index (χ1) is 8.70. The second-order valence-electron chi connectivity index (χ2n) is 4.62. The van der Waals surface area contributed by atoms with E-state index in [1.54, 1.807) is 0 Å². The van der Waals surface area contributed by atoms with E-state index in [9.17, 15) is 13.2 Å². The van der Waals surface area contributed by atoms with E-state index in [1.165, 1.54) is 12.1 Å². The Balaban J connectivity index is 2.50. The number of hydrogen-bond donors (Lipinski definition) is 0. The summed E-state index contributed by atoms with van der Waals surface area (Å²) in [5.74, 6) is 0.193. The molecule has 1 atom stereocenters. The van der Waals surface area contributed by atoms with E-state index in [0.29, 0.717) is 10.6 Å². The molecule has 1 aliphatic heterocycles. The van der Waals surface area contributed by atoms with E-state index in [4.69, 9.17) is 27.9 Å². The van der Waals surface area contributed by atoms with Crippen LogP contribution in [0.5, 0.6) is 5.75 Å². The molecule has 2 rings (SSSR count). The van der Waals surface area contributed by atoms with Gasteiger partial charge in [0.2, 0.25) is 6.10 Å². The molecule has 0 radical (unpaired) electrons. The molecule has 1 nitrogen and oxygen atoms in total. The van der Waals surface area contributed by atoms with Crippen LogP contribution in [-0.4, -0.2) is 12.3 Å². The molecule has 0 aliphatic carbocycles. The molecule has 1 aromatic carbocycles. The summed E-state index contributed by atoms with van der Waals surface area (Å²) < 4.78 is 43.0. The van der Waals surface area contributed by atoms with E-state index >= 15 is 0 Å². The Morgan fingerprint density at radius 3 is 2.37 bits per heavy atom. The maximum atomic E-state index is 12.7. The highest BCUT2D eigenvalue weighted by molar-refractivity contribution is 6.49. The highest BCUT2D eigenvalue weighted by Crippen LogP contribution is 2.42. The third kappa shape index (κ3) is 2.84. The first kappa shape index (κ1) is 14.5. The molecule has 0 saturated carbocycles. The Bertz CT molecular complexity index is 535. The minimum absolute atomic E-state index is 0.000723. The molecule has 19 heavy (non-hydrogen) atoms. The minimum Gasteiger partial charge on any atom is -0.476 e. The molecule has 6 heteroatoms. The lowest BCUT2D eigenvalue weighted by molar-refractivity contribution is -0.180. The Morgan fingerprint density at radius 2 is 1.84 bits per heavy atom. The van der Waals surface area contributed by atoms with Gasteiger partial charge in [0.25, 0.3) is 0 Å². The van der Waals surface area contributed by atoms with Crippen molar-refractivity contribution in [1.82, 2.24) is 0 Å². The lowest BCUT2D eigenvalue weighted by atomic mass is 9.99. The largest absolute Gasteiger partial charge is 0.476 e. The fraction of sp³-hybridized carbons (Fsp3) is 0.385. The molecular weight excluding hydrogens is 300 g/mol. The van der Waals surface area contributed by atoms with Crippen molar-refractivity contribution < 1.29 is 17.9 Å². The minimum atomic E-state index is -4.49. The molecule has 0 spiro atoms. The predicted octanol–water partition coefficient (Wildman–Crippen LogP) is 5.37. The average molecular weight is 311 g/mol. The maximum absolute atomic E-state index is 12.7. The summed E-state index contributed by atoms with van der Waals surface area (Å²) in [5.41, 5.74) is 1.12. The third-order valence-corrected chi connectivity index (χ3v) is 3.51. The smallest absolute Gasteiger partial charge is 0.429 e. The fourth-order valence-electron chi connectivity index (χ4n) is 1.85. The van der Waals surface area contributed by atoms with Gasteiger partial charge in [-0.05, 0) is 29.7 Å². The van der Waals surface area contributed by atoms with Gasteiger partial charge in [-0.2, -0.15) is 13.2 Å². The van der Waals surface area contributed by atoms with Crippen LogP contribution in [0.3, 0.4) is 0 Å². The molecule has 0 saturated heterocycles. The highest BCUT2D eigenvalue weighted by atomic mass is 35.5. The number of hydrogen-bond acceptors (Lipinski definition) is 1. The van der Waals surface area contributed by atoms with Crippen LogP contribution in [0.1, 0.15) is 30.9 Å². The van der Waals surface area contributed by atoms with Crippen LogP contribution >= 0.6 is 23.2 Å². The summed E-state index contributed by atoms with van der Waals surface area (Å²) >= 11 is 12.0. The van der Waals surface area contributed by atoms with Crippen molar-refractivity contribution in [3.63, 3.8) is 0 Å². The van der Waals surface area contributed by atoms with Gasteiger partial charge in [-0.1, -0.05) is 37.0 Å². The molecule has 0 bridgehead atoms. The molecule has 0 amide bonds. The zero-order chi connectivity index (χ0) is 14.4. The summed E-state index contributed by atoms with van der Waals surface area (Å²) in [6.45, 7) is 3.80. The second kappa shape index (κ2) is 4.91. The van der Waals surface area contributed by atoms with Gasteiger partial charge in [-0.3, -0.25) is 0 Å². The van der Waals surface area contributed by atoms with E-state index in [2.05, 4.69) is 0 Å². The van der Waals surface area contributed by atoms with Crippen LogP contribution in [0, 0.1) is 0 Å². The molecule has 0 fully saturated rings. The van der Waals surface area contributed by atoms with Gasteiger partial charge < -0.3 is 4.74 Å². The van der Waals surface area contributed by atoms with E-state index in [-0.39, 0.29) is 16.7 Å². The first-order valence-electron chi connectivity index (χ1n) is 5.64. The summed E-state index contributed by atoms with van der Waals surface area (Å²) in [5, 5.41) is 0.468. The molecular formula is C13H11Cl2F3O. The number of benzene rings is 1. The molecule has 1 aromatic rings. The summed E-state index contributed by atoms with van der Waals surface area (Å²) in [7, 11) is 0. The summed E-state index contributed by atoms with van der Waals surface area (Å²) in [4.78, 5) is 0. The van der Waals surface area contributed by atoms with Crippen molar-refractivity contribution in [2.24, 2.45) is 0 Å². The molecule has 0 aromatic heterocycles. The topological polar surface area (TPSA) is 9.23 Å². The molecule has 1 aliphatic rings. The number of alkyl halides is 3. The zero-order valence-electron chi connectivity index (χ0n) is 10.2. The number of fused-ring (bicyclic) bond motifs is 1. The van der Waals surface area contributed by atoms with Crippen molar-refractivity contribution in [3.8, 4) is 5.75 Å². The zero-order valence-corrected chi connectivity index (χ0v) is 11.7. The SMILES string of the molecule is CC(C)c1cc2c(cc1Cl)C(Cl)=CC(C(F)(F)F)O2. The normalized spacial score (nSPS) is 18.9. The van der Waals surface area contributed by atoms with E-state index < -0.39 is 12.3 Å². The molecule has 0 N–H and O–H groups in total. The van der Waals surface area contributed by atoms with Crippen LogP contribution in [0.4, 0.5) is 13.2 Å². The van der Waals surface area contributed by atoms with Gasteiger partial charge in [0.1, 0.15) is 5.75 Å². The van der Waals surface area contributed by atoms with Crippen LogP contribution in [0.15, 0.2) is 18.2 Å².